The number of aliphatic hydroxyl groups excluding tert-OH is 1. The van der Waals surface area contributed by atoms with Crippen molar-refractivity contribution in [1.82, 2.24) is 0 Å². The van der Waals surface area contributed by atoms with Crippen LogP contribution in [-0.2, 0) is 19.0 Å². The standard InChI is InChI=1S/C14H22O5/c1-12(2,3)11(16)17-7-6-13(4)8(15)10-14(5,19-13)9(7)18-10/h7-10,15H,6H2,1-5H3/t7-,8+,9-,10+,13-,14+/m0/s1. The number of hydrogen-bond acceptors (Lipinski definition) is 5. The van der Waals surface area contributed by atoms with Crippen molar-refractivity contribution in [1.29, 1.82) is 0 Å². The third-order valence-electron chi connectivity index (χ3n) is 4.60. The molecule has 3 fully saturated rings. The minimum Gasteiger partial charge on any atom is -0.459 e. The summed E-state index contributed by atoms with van der Waals surface area (Å²) in [5, 5.41) is 10.3. The Balaban J connectivity index is 1.82. The fourth-order valence-corrected chi connectivity index (χ4v) is 3.45. The highest BCUT2D eigenvalue weighted by Crippen LogP contribution is 2.57. The van der Waals surface area contributed by atoms with Crippen molar-refractivity contribution in [3.05, 3.63) is 0 Å². The fourth-order valence-electron chi connectivity index (χ4n) is 3.45. The smallest absolute Gasteiger partial charge is 0.311 e. The molecule has 0 spiro atoms. The second-order valence-corrected chi connectivity index (χ2v) is 7.42. The highest BCUT2D eigenvalue weighted by Gasteiger charge is 2.75. The number of carbonyl (C=O) groups is 1. The van der Waals surface area contributed by atoms with Crippen LogP contribution in [0.5, 0.6) is 0 Å². The van der Waals surface area contributed by atoms with Crippen LogP contribution in [0, 0.1) is 5.41 Å². The number of hydrogen-bond donors (Lipinski definition) is 1. The van der Waals surface area contributed by atoms with Gasteiger partial charge in [0.25, 0.3) is 0 Å². The van der Waals surface area contributed by atoms with Gasteiger partial charge in [0.1, 0.15) is 30.0 Å². The maximum atomic E-state index is 12.0. The van der Waals surface area contributed by atoms with E-state index in [9.17, 15) is 9.90 Å². The van der Waals surface area contributed by atoms with Gasteiger partial charge in [-0.1, -0.05) is 0 Å². The number of ether oxygens (including phenoxy) is 3. The van der Waals surface area contributed by atoms with Crippen LogP contribution in [0.1, 0.15) is 41.0 Å². The third kappa shape index (κ3) is 1.61. The van der Waals surface area contributed by atoms with Gasteiger partial charge in [0.2, 0.25) is 0 Å². The van der Waals surface area contributed by atoms with Crippen molar-refractivity contribution >= 4 is 5.97 Å². The van der Waals surface area contributed by atoms with Crippen LogP contribution < -0.4 is 0 Å². The van der Waals surface area contributed by atoms with Gasteiger partial charge in [-0.25, -0.2) is 0 Å². The highest BCUT2D eigenvalue weighted by atomic mass is 16.7. The summed E-state index contributed by atoms with van der Waals surface area (Å²) in [4.78, 5) is 12.0. The van der Waals surface area contributed by atoms with Gasteiger partial charge in [0.15, 0.2) is 0 Å². The Morgan fingerprint density at radius 2 is 1.95 bits per heavy atom. The lowest BCUT2D eigenvalue weighted by atomic mass is 9.83. The van der Waals surface area contributed by atoms with Crippen molar-refractivity contribution < 1.29 is 24.1 Å². The quantitative estimate of drug-likeness (QED) is 0.721. The Bertz CT molecular complexity index is 420. The lowest BCUT2D eigenvalue weighted by molar-refractivity contribution is -0.327. The summed E-state index contributed by atoms with van der Waals surface area (Å²) in [6, 6.07) is 0. The van der Waals surface area contributed by atoms with Gasteiger partial charge >= 0.3 is 5.97 Å². The lowest BCUT2D eigenvalue weighted by Crippen LogP contribution is -2.69. The summed E-state index contributed by atoms with van der Waals surface area (Å²) < 4.78 is 17.3. The first-order chi connectivity index (χ1) is 8.58. The molecule has 0 saturated carbocycles. The largest absolute Gasteiger partial charge is 0.459 e. The zero-order valence-corrected chi connectivity index (χ0v) is 12.1. The molecule has 3 heterocycles. The Kier molecular flexibility index (Phi) is 2.46. The summed E-state index contributed by atoms with van der Waals surface area (Å²) in [5.74, 6) is -0.243. The number of carbonyl (C=O) groups excluding carboxylic acids is 1. The molecule has 6 atom stereocenters. The second kappa shape index (κ2) is 3.51. The van der Waals surface area contributed by atoms with Crippen LogP contribution >= 0.6 is 0 Å². The highest BCUT2D eigenvalue weighted by molar-refractivity contribution is 5.75. The van der Waals surface area contributed by atoms with Gasteiger partial charge in [-0.15, -0.1) is 0 Å². The van der Waals surface area contributed by atoms with E-state index in [0.29, 0.717) is 6.42 Å². The summed E-state index contributed by atoms with van der Waals surface area (Å²) >= 11 is 0. The van der Waals surface area contributed by atoms with Crippen molar-refractivity contribution in [2.75, 3.05) is 0 Å². The molecule has 0 aromatic heterocycles. The number of fused-ring (bicyclic) bond motifs is 1. The third-order valence-corrected chi connectivity index (χ3v) is 4.60. The van der Waals surface area contributed by atoms with Gasteiger partial charge in [0.05, 0.1) is 11.0 Å². The van der Waals surface area contributed by atoms with E-state index in [1.54, 1.807) is 0 Å². The van der Waals surface area contributed by atoms with Crippen molar-refractivity contribution in [3.8, 4) is 0 Å². The minimum absolute atomic E-state index is 0.243. The van der Waals surface area contributed by atoms with Crippen LogP contribution in [0.3, 0.4) is 0 Å². The van der Waals surface area contributed by atoms with Crippen LogP contribution in [0.25, 0.3) is 0 Å². The van der Waals surface area contributed by atoms with Crippen LogP contribution in [0.15, 0.2) is 0 Å². The van der Waals surface area contributed by atoms with Gasteiger partial charge in [0, 0.05) is 6.42 Å². The Morgan fingerprint density at radius 1 is 1.32 bits per heavy atom. The topological polar surface area (TPSA) is 65.0 Å². The molecule has 5 nitrogen and oxygen atoms in total. The van der Waals surface area contributed by atoms with Crippen LogP contribution in [0.2, 0.25) is 0 Å². The van der Waals surface area contributed by atoms with E-state index in [4.69, 9.17) is 14.2 Å². The molecule has 0 amide bonds. The summed E-state index contributed by atoms with van der Waals surface area (Å²) in [6.07, 6.45) is -1.10. The number of aliphatic hydroxyl groups is 1. The first-order valence-corrected chi connectivity index (χ1v) is 6.83. The Morgan fingerprint density at radius 3 is 2.53 bits per heavy atom. The maximum absolute atomic E-state index is 12.0. The zero-order chi connectivity index (χ0) is 14.2. The molecule has 3 aliphatic rings. The predicted octanol–water partition coefficient (Wildman–Crippen LogP) is 1.02. The molecule has 0 radical (unpaired) electrons. The molecular weight excluding hydrogens is 248 g/mol. The van der Waals surface area contributed by atoms with Gasteiger partial charge < -0.3 is 19.3 Å². The molecule has 3 saturated heterocycles. The molecule has 0 unspecified atom stereocenters. The van der Waals surface area contributed by atoms with Crippen molar-refractivity contribution in [2.24, 2.45) is 5.41 Å². The van der Waals surface area contributed by atoms with Gasteiger partial charge in [-0.05, 0) is 34.6 Å². The van der Waals surface area contributed by atoms with Crippen LogP contribution in [0.4, 0.5) is 0 Å². The minimum atomic E-state index is -0.685. The van der Waals surface area contributed by atoms with Gasteiger partial charge in [-0.2, -0.15) is 0 Å². The SMILES string of the molecule is CC(C)(C)C(=O)O[C@H]1C[C@]2(C)O[C@@]3(C)[C@H](O[C@@H]13)[C@H]2O. The lowest BCUT2D eigenvalue weighted by Gasteiger charge is -2.53. The van der Waals surface area contributed by atoms with E-state index in [0.717, 1.165) is 0 Å². The fraction of sp³-hybridized carbons (Fsp3) is 0.929. The summed E-state index contributed by atoms with van der Waals surface area (Å²) in [6.45, 7) is 9.26. The molecule has 2 bridgehead atoms. The average molecular weight is 270 g/mol. The second-order valence-electron chi connectivity index (χ2n) is 7.42. The van der Waals surface area contributed by atoms with E-state index in [1.807, 2.05) is 34.6 Å². The number of esters is 1. The zero-order valence-electron chi connectivity index (χ0n) is 12.1. The molecule has 0 aliphatic carbocycles. The molecule has 19 heavy (non-hydrogen) atoms. The molecule has 108 valence electrons. The summed E-state index contributed by atoms with van der Waals surface area (Å²) in [7, 11) is 0. The molecule has 5 heteroatoms. The molecule has 3 aliphatic heterocycles. The monoisotopic (exact) mass is 270 g/mol. The first kappa shape index (κ1) is 13.3. The number of rotatable bonds is 1. The average Bonchev–Trinajstić information content (AvgIpc) is 2.34. The molecular formula is C14H22O5. The molecule has 3 rings (SSSR count). The van der Waals surface area contributed by atoms with Gasteiger partial charge in [-0.3, -0.25) is 4.79 Å². The van der Waals surface area contributed by atoms with Crippen molar-refractivity contribution in [3.63, 3.8) is 0 Å². The van der Waals surface area contributed by atoms with Crippen LogP contribution in [-0.4, -0.2) is 46.7 Å². The molecule has 0 aromatic carbocycles. The first-order valence-electron chi connectivity index (χ1n) is 6.83. The van der Waals surface area contributed by atoms with E-state index in [1.165, 1.54) is 0 Å². The normalized spacial score (nSPS) is 51.7. The summed E-state index contributed by atoms with van der Waals surface area (Å²) in [5.41, 5.74) is -1.76. The van der Waals surface area contributed by atoms with E-state index in [2.05, 4.69) is 0 Å². The van der Waals surface area contributed by atoms with Crippen molar-refractivity contribution in [2.45, 2.75) is 76.7 Å². The van der Waals surface area contributed by atoms with E-state index >= 15 is 0 Å². The maximum Gasteiger partial charge on any atom is 0.311 e. The van der Waals surface area contributed by atoms with E-state index in [-0.39, 0.29) is 24.3 Å². The molecule has 1 N–H and O–H groups in total. The molecule has 0 aromatic rings. The predicted molar refractivity (Wildman–Crippen MR) is 66.5 cm³/mol. The van der Waals surface area contributed by atoms with E-state index < -0.39 is 22.7 Å². The Hall–Kier alpha value is -0.650. The Labute approximate surface area is 113 Å².